The summed E-state index contributed by atoms with van der Waals surface area (Å²) in [7, 11) is 1.70. The van der Waals surface area contributed by atoms with Gasteiger partial charge in [-0.1, -0.05) is 32.4 Å². The lowest BCUT2D eigenvalue weighted by atomic mass is 9.91. The Morgan fingerprint density at radius 2 is 1.78 bits per heavy atom. The topological polar surface area (TPSA) is 50.6 Å². The lowest BCUT2D eigenvalue weighted by Crippen LogP contribution is -2.42. The highest BCUT2D eigenvalue weighted by molar-refractivity contribution is 5.98. The van der Waals surface area contributed by atoms with Crippen LogP contribution >= 0.6 is 0 Å². The number of aryl methyl sites for hydroxylation is 1. The van der Waals surface area contributed by atoms with Gasteiger partial charge in [-0.25, -0.2) is 4.98 Å². The Balaban J connectivity index is 1.47. The molecule has 0 spiro atoms. The zero-order chi connectivity index (χ0) is 25.1. The number of fused-ring (bicyclic) bond motifs is 1. The number of piperidine rings is 2. The summed E-state index contributed by atoms with van der Waals surface area (Å²) in [6.45, 7) is 10.6. The lowest BCUT2D eigenvalue weighted by molar-refractivity contribution is 0.0623. The normalized spacial score (nSPS) is 21.1. The van der Waals surface area contributed by atoms with Crippen molar-refractivity contribution in [2.75, 3.05) is 39.8 Å². The van der Waals surface area contributed by atoms with E-state index in [2.05, 4.69) is 35.4 Å². The molecule has 2 atom stereocenters. The minimum absolute atomic E-state index is 0.138. The van der Waals surface area contributed by atoms with Gasteiger partial charge in [-0.15, -0.1) is 0 Å². The van der Waals surface area contributed by atoms with Crippen LogP contribution in [0.1, 0.15) is 56.3 Å². The molecule has 0 aliphatic carbocycles. The maximum Gasteiger partial charge on any atom is 0.253 e. The summed E-state index contributed by atoms with van der Waals surface area (Å²) in [5.74, 6) is 2.98. The summed E-state index contributed by atoms with van der Waals surface area (Å²) >= 11 is 0. The zero-order valence-electron chi connectivity index (χ0n) is 22.1. The summed E-state index contributed by atoms with van der Waals surface area (Å²) in [6, 6.07) is 14.2. The Bertz CT molecular complexity index is 1190. The second-order valence-electron chi connectivity index (χ2n) is 10.9. The molecule has 3 aromatic rings. The minimum atomic E-state index is 0.138. The molecule has 2 aromatic carbocycles. The number of aromatic nitrogens is 2. The third kappa shape index (κ3) is 5.44. The van der Waals surface area contributed by atoms with Crippen molar-refractivity contribution in [3.63, 3.8) is 0 Å². The Kier molecular flexibility index (Phi) is 7.61. The average Bonchev–Trinajstić information content (AvgIpc) is 3.26. The molecule has 2 aliphatic rings. The van der Waals surface area contributed by atoms with Crippen LogP contribution in [0.5, 0.6) is 5.75 Å². The largest absolute Gasteiger partial charge is 0.497 e. The van der Waals surface area contributed by atoms with Crippen LogP contribution in [0.2, 0.25) is 0 Å². The fourth-order valence-corrected chi connectivity index (χ4v) is 6.11. The van der Waals surface area contributed by atoms with E-state index >= 15 is 0 Å². The quantitative estimate of drug-likeness (QED) is 0.428. The predicted octanol–water partition coefficient (Wildman–Crippen LogP) is 5.71. The standard InChI is InChI=1S/C30H40N4O2/c1-22-17-23(2)21-33(20-22)30(35)25-11-12-27-28(19-25)34(16-8-15-32-13-5-4-6-14-32)29(31-27)24-9-7-10-26(18-24)36-3/h7,9-12,18-19,22-23H,4-6,8,13-17,20-21H2,1-3H3. The fraction of sp³-hybridized carbons (Fsp3) is 0.533. The highest BCUT2D eigenvalue weighted by Crippen LogP contribution is 2.29. The van der Waals surface area contributed by atoms with E-state index in [9.17, 15) is 4.79 Å². The van der Waals surface area contributed by atoms with E-state index in [1.165, 1.54) is 38.8 Å². The SMILES string of the molecule is COc1cccc(-c2nc3ccc(C(=O)N4CC(C)CC(C)C4)cc3n2CCCN2CCCCC2)c1. The van der Waals surface area contributed by atoms with E-state index < -0.39 is 0 Å². The number of nitrogens with zero attached hydrogens (tertiary/aromatic N) is 4. The molecule has 192 valence electrons. The van der Waals surface area contributed by atoms with Crippen molar-refractivity contribution < 1.29 is 9.53 Å². The van der Waals surface area contributed by atoms with Gasteiger partial charge in [0.05, 0.1) is 18.1 Å². The molecule has 36 heavy (non-hydrogen) atoms. The first-order valence-corrected chi connectivity index (χ1v) is 13.7. The van der Waals surface area contributed by atoms with Crippen molar-refractivity contribution >= 4 is 16.9 Å². The highest BCUT2D eigenvalue weighted by atomic mass is 16.5. The minimum Gasteiger partial charge on any atom is -0.497 e. The Morgan fingerprint density at radius 3 is 2.53 bits per heavy atom. The van der Waals surface area contributed by atoms with E-state index in [-0.39, 0.29) is 5.91 Å². The number of methoxy groups -OCH3 is 1. The predicted molar refractivity (Wildman–Crippen MR) is 145 cm³/mol. The van der Waals surface area contributed by atoms with Gasteiger partial charge < -0.3 is 19.1 Å². The number of carbonyl (C=O) groups is 1. The van der Waals surface area contributed by atoms with Gasteiger partial charge in [-0.3, -0.25) is 4.79 Å². The summed E-state index contributed by atoms with van der Waals surface area (Å²) in [6.07, 6.45) is 6.22. The molecule has 5 rings (SSSR count). The van der Waals surface area contributed by atoms with Crippen molar-refractivity contribution in [3.05, 3.63) is 48.0 Å². The smallest absolute Gasteiger partial charge is 0.253 e. The molecule has 6 heteroatoms. The number of imidazole rings is 1. The molecule has 2 fully saturated rings. The van der Waals surface area contributed by atoms with Gasteiger partial charge in [0.15, 0.2) is 0 Å². The fourth-order valence-electron chi connectivity index (χ4n) is 6.11. The van der Waals surface area contributed by atoms with Crippen molar-refractivity contribution in [3.8, 4) is 17.1 Å². The van der Waals surface area contributed by atoms with E-state index in [1.54, 1.807) is 7.11 Å². The third-order valence-corrected chi connectivity index (χ3v) is 7.78. The first-order valence-electron chi connectivity index (χ1n) is 13.7. The number of likely N-dealkylation sites (tertiary alicyclic amines) is 2. The first-order chi connectivity index (χ1) is 17.5. The van der Waals surface area contributed by atoms with Crippen LogP contribution in [-0.2, 0) is 6.54 Å². The molecular formula is C30H40N4O2. The molecule has 3 heterocycles. The maximum absolute atomic E-state index is 13.5. The molecule has 0 saturated carbocycles. The van der Waals surface area contributed by atoms with Gasteiger partial charge in [0.25, 0.3) is 5.91 Å². The molecule has 2 aliphatic heterocycles. The Morgan fingerprint density at radius 1 is 1.00 bits per heavy atom. The van der Waals surface area contributed by atoms with E-state index in [1.807, 2.05) is 35.2 Å². The summed E-state index contributed by atoms with van der Waals surface area (Å²) in [5.41, 5.74) is 3.77. The Hall–Kier alpha value is -2.86. The van der Waals surface area contributed by atoms with Crippen LogP contribution in [0, 0.1) is 11.8 Å². The lowest BCUT2D eigenvalue weighted by Gasteiger charge is -2.35. The summed E-state index contributed by atoms with van der Waals surface area (Å²) < 4.78 is 7.80. The maximum atomic E-state index is 13.5. The monoisotopic (exact) mass is 488 g/mol. The van der Waals surface area contributed by atoms with E-state index in [4.69, 9.17) is 9.72 Å². The highest BCUT2D eigenvalue weighted by Gasteiger charge is 2.27. The van der Waals surface area contributed by atoms with Crippen LogP contribution in [0.15, 0.2) is 42.5 Å². The van der Waals surface area contributed by atoms with E-state index in [0.717, 1.165) is 66.3 Å². The van der Waals surface area contributed by atoms with Crippen LogP contribution in [-0.4, -0.2) is 65.1 Å². The van der Waals surface area contributed by atoms with Crippen molar-refractivity contribution in [2.45, 2.75) is 52.5 Å². The number of carbonyl (C=O) groups excluding carboxylic acids is 1. The van der Waals surface area contributed by atoms with E-state index in [0.29, 0.717) is 11.8 Å². The van der Waals surface area contributed by atoms with Crippen LogP contribution in [0.3, 0.4) is 0 Å². The van der Waals surface area contributed by atoms with Gasteiger partial charge in [-0.2, -0.15) is 0 Å². The van der Waals surface area contributed by atoms with Crippen LogP contribution in [0.4, 0.5) is 0 Å². The molecule has 0 bridgehead atoms. The van der Waals surface area contributed by atoms with Crippen LogP contribution in [0.25, 0.3) is 22.4 Å². The van der Waals surface area contributed by atoms with Crippen molar-refractivity contribution in [1.29, 1.82) is 0 Å². The second kappa shape index (κ2) is 11.0. The number of amides is 1. The third-order valence-electron chi connectivity index (χ3n) is 7.78. The zero-order valence-corrected chi connectivity index (χ0v) is 22.1. The molecule has 6 nitrogen and oxygen atoms in total. The number of benzene rings is 2. The Labute approximate surface area is 215 Å². The van der Waals surface area contributed by atoms with Crippen molar-refractivity contribution in [1.82, 2.24) is 19.4 Å². The second-order valence-corrected chi connectivity index (χ2v) is 10.9. The van der Waals surface area contributed by atoms with Gasteiger partial charge >= 0.3 is 0 Å². The van der Waals surface area contributed by atoms with Crippen LogP contribution < -0.4 is 4.74 Å². The molecule has 0 radical (unpaired) electrons. The number of rotatable bonds is 7. The van der Waals surface area contributed by atoms with Gasteiger partial charge in [-0.05, 0) is 87.5 Å². The summed E-state index contributed by atoms with van der Waals surface area (Å²) in [4.78, 5) is 23.2. The number of hydrogen-bond donors (Lipinski definition) is 0. The molecule has 1 amide bonds. The molecule has 2 unspecified atom stereocenters. The molecular weight excluding hydrogens is 448 g/mol. The first kappa shape index (κ1) is 24.8. The van der Waals surface area contributed by atoms with Gasteiger partial charge in [0, 0.05) is 30.8 Å². The molecule has 0 N–H and O–H groups in total. The summed E-state index contributed by atoms with van der Waals surface area (Å²) in [5, 5.41) is 0. The van der Waals surface area contributed by atoms with Gasteiger partial charge in [0.1, 0.15) is 11.6 Å². The number of ether oxygens (including phenoxy) is 1. The van der Waals surface area contributed by atoms with Gasteiger partial charge in [0.2, 0.25) is 0 Å². The molecule has 1 aromatic heterocycles. The van der Waals surface area contributed by atoms with Crippen molar-refractivity contribution in [2.24, 2.45) is 11.8 Å². The average molecular weight is 489 g/mol. The molecule has 2 saturated heterocycles. The number of hydrogen-bond acceptors (Lipinski definition) is 4.